The predicted octanol–water partition coefficient (Wildman–Crippen LogP) is 1.93. The number of benzene rings is 1. The Bertz CT molecular complexity index is 582. The van der Waals surface area contributed by atoms with Gasteiger partial charge in [0, 0.05) is 23.8 Å². The monoisotopic (exact) mass is 254 g/mol. The molecular weight excluding hydrogens is 240 g/mol. The summed E-state index contributed by atoms with van der Waals surface area (Å²) >= 11 is 0. The minimum atomic E-state index is -0.0985. The number of nitrogens with two attached hydrogens (primary N) is 1. The van der Waals surface area contributed by atoms with Crippen LogP contribution in [0.25, 0.3) is 0 Å². The van der Waals surface area contributed by atoms with Crippen molar-refractivity contribution in [2.24, 2.45) is 0 Å². The van der Waals surface area contributed by atoms with Crippen LogP contribution in [0, 0.1) is 0 Å². The molecule has 0 spiro atoms. The smallest absolute Gasteiger partial charge is 0.322 e. The maximum atomic E-state index is 12.0. The Morgan fingerprint density at radius 1 is 1.26 bits per heavy atom. The largest absolute Gasteiger partial charge is 0.399 e. The number of aromatic nitrogens is 1. The number of pyridine rings is 1. The highest BCUT2D eigenvalue weighted by Gasteiger charge is 2.30. The van der Waals surface area contributed by atoms with Gasteiger partial charge in [-0.1, -0.05) is 6.07 Å². The summed E-state index contributed by atoms with van der Waals surface area (Å²) in [5, 5.41) is 2.95. The number of amides is 2. The van der Waals surface area contributed by atoms with Crippen LogP contribution >= 0.6 is 0 Å². The van der Waals surface area contributed by atoms with Gasteiger partial charge in [0.1, 0.15) is 0 Å². The summed E-state index contributed by atoms with van der Waals surface area (Å²) in [5.41, 5.74) is 8.19. The van der Waals surface area contributed by atoms with E-state index >= 15 is 0 Å². The van der Waals surface area contributed by atoms with Gasteiger partial charge in [0.2, 0.25) is 0 Å². The molecule has 1 aliphatic rings. The molecule has 1 unspecified atom stereocenters. The normalized spacial score (nSPS) is 18.4. The average molecular weight is 254 g/mol. The summed E-state index contributed by atoms with van der Waals surface area (Å²) in [5.74, 6) is 0. The van der Waals surface area contributed by atoms with Crippen molar-refractivity contribution in [1.29, 1.82) is 0 Å². The molecule has 19 heavy (non-hydrogen) atoms. The topological polar surface area (TPSA) is 71.2 Å². The molecule has 1 saturated heterocycles. The second-order valence-electron chi connectivity index (χ2n) is 4.49. The van der Waals surface area contributed by atoms with Crippen molar-refractivity contribution in [2.75, 3.05) is 17.2 Å². The number of nitrogens with one attached hydrogen (secondary N) is 1. The van der Waals surface area contributed by atoms with Gasteiger partial charge in [-0.05, 0) is 35.9 Å². The highest BCUT2D eigenvalue weighted by Crippen LogP contribution is 2.25. The van der Waals surface area contributed by atoms with Crippen molar-refractivity contribution in [3.05, 3.63) is 54.4 Å². The molecule has 96 valence electrons. The van der Waals surface area contributed by atoms with Gasteiger partial charge < -0.3 is 11.1 Å². The lowest BCUT2D eigenvalue weighted by Crippen LogP contribution is -2.27. The molecule has 1 aromatic heterocycles. The highest BCUT2D eigenvalue weighted by molar-refractivity contribution is 5.94. The second kappa shape index (κ2) is 4.61. The van der Waals surface area contributed by atoms with Crippen LogP contribution in [0.3, 0.4) is 0 Å². The zero-order chi connectivity index (χ0) is 13.2. The van der Waals surface area contributed by atoms with Gasteiger partial charge in [-0.25, -0.2) is 4.79 Å². The fourth-order valence-electron chi connectivity index (χ4n) is 2.19. The van der Waals surface area contributed by atoms with Crippen molar-refractivity contribution in [2.45, 2.75) is 6.04 Å². The van der Waals surface area contributed by atoms with E-state index in [0.717, 1.165) is 11.3 Å². The summed E-state index contributed by atoms with van der Waals surface area (Å²) < 4.78 is 0. The molecule has 5 nitrogen and oxygen atoms in total. The number of rotatable bonds is 2. The third kappa shape index (κ3) is 2.22. The minimum Gasteiger partial charge on any atom is -0.399 e. The maximum absolute atomic E-state index is 12.0. The number of urea groups is 1. The summed E-state index contributed by atoms with van der Waals surface area (Å²) in [4.78, 5) is 17.8. The van der Waals surface area contributed by atoms with Gasteiger partial charge in [-0.2, -0.15) is 0 Å². The zero-order valence-corrected chi connectivity index (χ0v) is 10.3. The fraction of sp³-hybridized carbons (Fsp3) is 0.143. The number of nitrogen functional groups attached to an aromatic ring is 1. The van der Waals surface area contributed by atoms with Crippen molar-refractivity contribution >= 4 is 17.4 Å². The molecule has 2 heterocycles. The Kier molecular flexibility index (Phi) is 2.79. The molecule has 0 radical (unpaired) electrons. The molecule has 3 rings (SSSR count). The van der Waals surface area contributed by atoms with Gasteiger partial charge in [0.05, 0.1) is 12.6 Å². The third-order valence-corrected chi connectivity index (χ3v) is 3.20. The van der Waals surface area contributed by atoms with Crippen molar-refractivity contribution in [1.82, 2.24) is 10.3 Å². The number of anilines is 2. The Hall–Kier alpha value is -2.56. The predicted molar refractivity (Wildman–Crippen MR) is 73.7 cm³/mol. The number of carbonyl (C=O) groups excluding carboxylic acids is 1. The Balaban J connectivity index is 1.82. The molecule has 1 fully saturated rings. The highest BCUT2D eigenvalue weighted by atomic mass is 16.2. The minimum absolute atomic E-state index is 0.0289. The van der Waals surface area contributed by atoms with E-state index < -0.39 is 0 Å². The summed E-state index contributed by atoms with van der Waals surface area (Å²) in [6, 6.07) is 11.0. The summed E-state index contributed by atoms with van der Waals surface area (Å²) in [6.07, 6.45) is 3.50. The Labute approximate surface area is 111 Å². The van der Waals surface area contributed by atoms with E-state index in [1.807, 2.05) is 24.3 Å². The summed E-state index contributed by atoms with van der Waals surface area (Å²) in [6.45, 7) is 0.592. The lowest BCUT2D eigenvalue weighted by molar-refractivity contribution is 0.251. The van der Waals surface area contributed by atoms with Crippen LogP contribution in [0.2, 0.25) is 0 Å². The lowest BCUT2D eigenvalue weighted by Gasteiger charge is -2.14. The van der Waals surface area contributed by atoms with E-state index in [4.69, 9.17) is 5.73 Å². The molecule has 0 bridgehead atoms. The molecular formula is C14H14N4O. The van der Waals surface area contributed by atoms with Gasteiger partial charge in [0.25, 0.3) is 0 Å². The molecule has 1 atom stereocenters. The number of hydrogen-bond donors (Lipinski definition) is 2. The van der Waals surface area contributed by atoms with Crippen LogP contribution in [0.15, 0.2) is 48.8 Å². The lowest BCUT2D eigenvalue weighted by atomic mass is 10.1. The number of nitrogens with zero attached hydrogens (tertiary/aromatic N) is 2. The molecule has 1 aromatic carbocycles. The molecule has 0 aliphatic carbocycles. The first-order valence-corrected chi connectivity index (χ1v) is 6.07. The van der Waals surface area contributed by atoms with E-state index in [1.165, 1.54) is 0 Å². The first-order chi connectivity index (χ1) is 9.24. The molecule has 0 saturated carbocycles. The molecule has 5 heteroatoms. The SMILES string of the molecule is Nc1ccc(N2CC(c3cccnc3)NC2=O)cc1. The maximum Gasteiger partial charge on any atom is 0.322 e. The van der Waals surface area contributed by atoms with E-state index in [-0.39, 0.29) is 12.1 Å². The first-order valence-electron chi connectivity index (χ1n) is 6.07. The molecule has 2 amide bonds. The van der Waals surface area contributed by atoms with E-state index in [2.05, 4.69) is 10.3 Å². The van der Waals surface area contributed by atoms with Crippen molar-refractivity contribution < 1.29 is 4.79 Å². The van der Waals surface area contributed by atoms with Crippen molar-refractivity contribution in [3.8, 4) is 0 Å². The Morgan fingerprint density at radius 2 is 2.05 bits per heavy atom. The van der Waals surface area contributed by atoms with Crippen LogP contribution in [0.5, 0.6) is 0 Å². The molecule has 1 aliphatic heterocycles. The van der Waals surface area contributed by atoms with E-state index in [9.17, 15) is 4.79 Å². The standard InChI is InChI=1S/C14H14N4O/c15-11-3-5-12(6-4-11)18-9-13(17-14(18)19)10-2-1-7-16-8-10/h1-8,13H,9,15H2,(H,17,19). The second-order valence-corrected chi connectivity index (χ2v) is 4.49. The van der Waals surface area contributed by atoms with Crippen LogP contribution in [-0.4, -0.2) is 17.6 Å². The quantitative estimate of drug-likeness (QED) is 0.804. The number of carbonyl (C=O) groups is 1. The first kappa shape index (κ1) is 11.5. The molecule has 2 aromatic rings. The van der Waals surface area contributed by atoms with Gasteiger partial charge in [0.15, 0.2) is 0 Å². The Morgan fingerprint density at radius 3 is 2.74 bits per heavy atom. The molecule has 3 N–H and O–H groups in total. The van der Waals surface area contributed by atoms with E-state index in [0.29, 0.717) is 12.2 Å². The van der Waals surface area contributed by atoms with Crippen LogP contribution in [0.4, 0.5) is 16.2 Å². The zero-order valence-electron chi connectivity index (χ0n) is 10.3. The van der Waals surface area contributed by atoms with Crippen LogP contribution in [0.1, 0.15) is 11.6 Å². The number of hydrogen-bond acceptors (Lipinski definition) is 3. The van der Waals surface area contributed by atoms with E-state index in [1.54, 1.807) is 29.4 Å². The van der Waals surface area contributed by atoms with Crippen molar-refractivity contribution in [3.63, 3.8) is 0 Å². The van der Waals surface area contributed by atoms with Gasteiger partial charge >= 0.3 is 6.03 Å². The van der Waals surface area contributed by atoms with Gasteiger partial charge in [-0.3, -0.25) is 9.88 Å². The van der Waals surface area contributed by atoms with Crippen LogP contribution in [-0.2, 0) is 0 Å². The third-order valence-electron chi connectivity index (χ3n) is 3.20. The van der Waals surface area contributed by atoms with Gasteiger partial charge in [-0.15, -0.1) is 0 Å². The van der Waals surface area contributed by atoms with Crippen LogP contribution < -0.4 is 16.0 Å². The average Bonchev–Trinajstić information content (AvgIpc) is 2.83. The summed E-state index contributed by atoms with van der Waals surface area (Å²) in [7, 11) is 0. The fourth-order valence-corrected chi connectivity index (χ4v) is 2.19.